The maximum absolute atomic E-state index is 12.8. The van der Waals surface area contributed by atoms with E-state index in [9.17, 15) is 9.59 Å². The Kier molecular flexibility index (Phi) is 6.76. The minimum atomic E-state index is -1.17. The van der Waals surface area contributed by atoms with Gasteiger partial charge < -0.3 is 10.6 Å². The average molecular weight is 330 g/mol. The van der Waals surface area contributed by atoms with Crippen LogP contribution in [-0.2, 0) is 9.59 Å². The van der Waals surface area contributed by atoms with Crippen LogP contribution in [-0.4, -0.2) is 18.4 Å². The lowest BCUT2D eigenvalue weighted by molar-refractivity contribution is -0.138. The van der Waals surface area contributed by atoms with Crippen LogP contribution in [0.15, 0.2) is 30.9 Å². The number of anilines is 1. The Bertz CT molecular complexity index is 590. The van der Waals surface area contributed by atoms with E-state index < -0.39 is 5.41 Å². The minimum Gasteiger partial charge on any atom is -0.352 e. The van der Waals surface area contributed by atoms with Crippen LogP contribution in [0.5, 0.6) is 0 Å². The molecule has 4 heteroatoms. The average Bonchev–Trinajstić information content (AvgIpc) is 2.51. The summed E-state index contributed by atoms with van der Waals surface area (Å²) in [7, 11) is 0. The topological polar surface area (TPSA) is 58.2 Å². The third kappa shape index (κ3) is 4.47. The van der Waals surface area contributed by atoms with E-state index in [1.54, 1.807) is 19.9 Å². The molecule has 0 saturated carbocycles. The standard InChI is InChI=1S/C20H30N2O2/c1-8-12-21-18(23)20(6,7)19(24)22-17-15(13(2)3)10-9-11-16(17)14(4)5/h8-11,13-14H,1,12H2,2-7H3,(H,21,23)(H,22,24). The Labute approximate surface area is 145 Å². The van der Waals surface area contributed by atoms with Gasteiger partial charge in [-0.05, 0) is 36.8 Å². The van der Waals surface area contributed by atoms with E-state index in [1.807, 2.05) is 18.2 Å². The van der Waals surface area contributed by atoms with Crippen molar-refractivity contribution in [2.45, 2.75) is 53.4 Å². The smallest absolute Gasteiger partial charge is 0.239 e. The zero-order valence-electron chi connectivity index (χ0n) is 15.7. The lowest BCUT2D eigenvalue weighted by atomic mass is 9.88. The molecule has 1 aromatic carbocycles. The molecular weight excluding hydrogens is 300 g/mol. The van der Waals surface area contributed by atoms with Crippen LogP contribution in [0.1, 0.15) is 64.5 Å². The number of rotatable bonds is 7. The third-order valence-corrected chi connectivity index (χ3v) is 4.15. The van der Waals surface area contributed by atoms with Gasteiger partial charge in [0.05, 0.1) is 0 Å². The fourth-order valence-electron chi connectivity index (χ4n) is 2.45. The number of carbonyl (C=O) groups excluding carboxylic acids is 2. The summed E-state index contributed by atoms with van der Waals surface area (Å²) in [5.41, 5.74) is 1.83. The van der Waals surface area contributed by atoms with E-state index in [0.29, 0.717) is 6.54 Å². The molecule has 0 unspecified atom stereocenters. The highest BCUT2D eigenvalue weighted by Crippen LogP contribution is 2.33. The summed E-state index contributed by atoms with van der Waals surface area (Å²) in [5, 5.41) is 5.71. The van der Waals surface area contributed by atoms with Crippen molar-refractivity contribution in [3.05, 3.63) is 42.0 Å². The van der Waals surface area contributed by atoms with Gasteiger partial charge in [-0.15, -0.1) is 6.58 Å². The predicted molar refractivity (Wildman–Crippen MR) is 100 cm³/mol. The van der Waals surface area contributed by atoms with Crippen molar-refractivity contribution in [2.24, 2.45) is 5.41 Å². The normalized spacial score (nSPS) is 11.5. The van der Waals surface area contributed by atoms with Gasteiger partial charge in [0.25, 0.3) is 0 Å². The number of para-hydroxylation sites is 1. The Morgan fingerprint density at radius 3 is 2.00 bits per heavy atom. The minimum absolute atomic E-state index is 0.275. The third-order valence-electron chi connectivity index (χ3n) is 4.15. The molecule has 0 aliphatic heterocycles. The van der Waals surface area contributed by atoms with Crippen molar-refractivity contribution in [3.8, 4) is 0 Å². The molecule has 0 bridgehead atoms. The van der Waals surface area contributed by atoms with E-state index in [1.165, 1.54) is 0 Å². The summed E-state index contributed by atoms with van der Waals surface area (Å²) in [4.78, 5) is 25.1. The molecule has 0 radical (unpaired) electrons. The molecule has 2 N–H and O–H groups in total. The first kappa shape index (κ1) is 19.9. The molecular formula is C20H30N2O2. The molecule has 0 atom stereocenters. The summed E-state index contributed by atoms with van der Waals surface area (Å²) >= 11 is 0. The Morgan fingerprint density at radius 1 is 1.08 bits per heavy atom. The molecule has 0 spiro atoms. The van der Waals surface area contributed by atoms with Crippen molar-refractivity contribution >= 4 is 17.5 Å². The fourth-order valence-corrected chi connectivity index (χ4v) is 2.45. The van der Waals surface area contributed by atoms with E-state index in [0.717, 1.165) is 16.8 Å². The highest BCUT2D eigenvalue weighted by atomic mass is 16.2. The zero-order chi connectivity index (χ0) is 18.5. The molecule has 4 nitrogen and oxygen atoms in total. The lowest BCUT2D eigenvalue weighted by Gasteiger charge is -2.26. The summed E-state index contributed by atoms with van der Waals surface area (Å²) in [6, 6.07) is 6.07. The second-order valence-corrected chi connectivity index (χ2v) is 7.20. The molecule has 0 heterocycles. The first-order valence-corrected chi connectivity index (χ1v) is 8.46. The second kappa shape index (κ2) is 8.13. The first-order valence-electron chi connectivity index (χ1n) is 8.46. The van der Waals surface area contributed by atoms with Crippen molar-refractivity contribution in [2.75, 3.05) is 11.9 Å². The van der Waals surface area contributed by atoms with Gasteiger partial charge in [-0.1, -0.05) is 52.0 Å². The summed E-state index contributed by atoms with van der Waals surface area (Å²) in [6.07, 6.45) is 1.59. The van der Waals surface area contributed by atoms with Crippen molar-refractivity contribution in [3.63, 3.8) is 0 Å². The number of nitrogens with one attached hydrogen (secondary N) is 2. The van der Waals surface area contributed by atoms with Gasteiger partial charge in [0.2, 0.25) is 11.8 Å². The molecule has 0 aliphatic carbocycles. The molecule has 0 fully saturated rings. The second-order valence-electron chi connectivity index (χ2n) is 7.20. The fraction of sp³-hybridized carbons (Fsp3) is 0.500. The first-order chi connectivity index (χ1) is 11.1. The molecule has 132 valence electrons. The van der Waals surface area contributed by atoms with Crippen LogP contribution in [0.4, 0.5) is 5.69 Å². The lowest BCUT2D eigenvalue weighted by Crippen LogP contribution is -2.45. The molecule has 0 aliphatic rings. The molecule has 24 heavy (non-hydrogen) atoms. The molecule has 1 rings (SSSR count). The van der Waals surface area contributed by atoms with Gasteiger partial charge in [-0.3, -0.25) is 9.59 Å². The van der Waals surface area contributed by atoms with Crippen molar-refractivity contribution < 1.29 is 9.59 Å². The highest BCUT2D eigenvalue weighted by molar-refractivity contribution is 6.10. The molecule has 0 aromatic heterocycles. The summed E-state index contributed by atoms with van der Waals surface area (Å²) in [6.45, 7) is 15.6. The highest BCUT2D eigenvalue weighted by Gasteiger charge is 2.36. The van der Waals surface area contributed by atoms with Crippen LogP contribution in [0, 0.1) is 5.41 Å². The van der Waals surface area contributed by atoms with Crippen LogP contribution < -0.4 is 10.6 Å². The van der Waals surface area contributed by atoms with Gasteiger partial charge in [0.1, 0.15) is 5.41 Å². The summed E-state index contributed by atoms with van der Waals surface area (Å²) in [5.74, 6) is -0.0690. The van der Waals surface area contributed by atoms with Gasteiger partial charge in [0.15, 0.2) is 0 Å². The van der Waals surface area contributed by atoms with Gasteiger partial charge >= 0.3 is 0 Å². The van der Waals surface area contributed by atoms with Gasteiger partial charge in [-0.25, -0.2) is 0 Å². The van der Waals surface area contributed by atoms with E-state index >= 15 is 0 Å². The number of hydrogen-bond donors (Lipinski definition) is 2. The maximum atomic E-state index is 12.8. The Balaban J connectivity index is 3.17. The van der Waals surface area contributed by atoms with Crippen LogP contribution in [0.25, 0.3) is 0 Å². The number of carbonyl (C=O) groups is 2. The van der Waals surface area contributed by atoms with E-state index in [4.69, 9.17) is 0 Å². The molecule has 0 saturated heterocycles. The SMILES string of the molecule is C=CCNC(=O)C(C)(C)C(=O)Nc1c(C(C)C)cccc1C(C)C. The molecule has 2 amide bonds. The number of benzene rings is 1. The zero-order valence-corrected chi connectivity index (χ0v) is 15.7. The quantitative estimate of drug-likeness (QED) is 0.581. The van der Waals surface area contributed by atoms with Crippen molar-refractivity contribution in [1.82, 2.24) is 5.32 Å². The summed E-state index contributed by atoms with van der Waals surface area (Å²) < 4.78 is 0. The van der Waals surface area contributed by atoms with Gasteiger partial charge in [-0.2, -0.15) is 0 Å². The maximum Gasteiger partial charge on any atom is 0.239 e. The largest absolute Gasteiger partial charge is 0.352 e. The number of amides is 2. The Hall–Kier alpha value is -2.10. The van der Waals surface area contributed by atoms with Crippen LogP contribution >= 0.6 is 0 Å². The van der Waals surface area contributed by atoms with E-state index in [2.05, 4.69) is 44.9 Å². The predicted octanol–water partition coefficient (Wildman–Crippen LogP) is 4.20. The number of hydrogen-bond acceptors (Lipinski definition) is 2. The van der Waals surface area contributed by atoms with Crippen LogP contribution in [0.3, 0.4) is 0 Å². The monoisotopic (exact) mass is 330 g/mol. The Morgan fingerprint density at radius 2 is 1.58 bits per heavy atom. The van der Waals surface area contributed by atoms with Crippen molar-refractivity contribution in [1.29, 1.82) is 0 Å². The van der Waals surface area contributed by atoms with Crippen LogP contribution in [0.2, 0.25) is 0 Å². The molecule has 1 aromatic rings. The van der Waals surface area contributed by atoms with Gasteiger partial charge in [0, 0.05) is 12.2 Å². The van der Waals surface area contributed by atoms with E-state index in [-0.39, 0.29) is 23.7 Å².